The third-order valence-electron chi connectivity index (χ3n) is 1.72. The first-order valence-electron chi connectivity index (χ1n) is 4.07. The van der Waals surface area contributed by atoms with Gasteiger partial charge >= 0.3 is 6.01 Å². The van der Waals surface area contributed by atoms with Crippen LogP contribution in [0.1, 0.15) is 18.2 Å². The monoisotopic (exact) mass is 177 g/mol. The molecule has 0 fully saturated rings. The average molecular weight is 177 g/mol. The van der Waals surface area contributed by atoms with Gasteiger partial charge in [0.15, 0.2) is 0 Å². The van der Waals surface area contributed by atoms with E-state index < -0.39 is 0 Å². The molecule has 0 aliphatic rings. The summed E-state index contributed by atoms with van der Waals surface area (Å²) in [6.07, 6.45) is 2.79. The summed E-state index contributed by atoms with van der Waals surface area (Å²) in [4.78, 5) is 8.08. The minimum Gasteiger partial charge on any atom is -0.467 e. The highest BCUT2D eigenvalue weighted by atomic mass is 16.5. The van der Waals surface area contributed by atoms with Gasteiger partial charge in [-0.2, -0.15) is 10.2 Å². The number of methoxy groups -OCH3 is 1. The first-order valence-corrected chi connectivity index (χ1v) is 4.07. The molecule has 0 amide bonds. The topological polar surface area (TPSA) is 58.8 Å². The van der Waals surface area contributed by atoms with Crippen molar-refractivity contribution in [3.63, 3.8) is 0 Å². The number of rotatable bonds is 3. The van der Waals surface area contributed by atoms with E-state index in [1.165, 1.54) is 7.11 Å². The Kier molecular flexibility index (Phi) is 3.21. The Labute approximate surface area is 77.2 Å². The van der Waals surface area contributed by atoms with Crippen LogP contribution < -0.4 is 4.74 Å². The van der Waals surface area contributed by atoms with Crippen molar-refractivity contribution in [2.75, 3.05) is 7.11 Å². The number of nitriles is 1. The highest BCUT2D eigenvalue weighted by Gasteiger charge is 2.04. The maximum atomic E-state index is 8.53. The van der Waals surface area contributed by atoms with E-state index in [0.29, 0.717) is 12.4 Å². The van der Waals surface area contributed by atoms with Gasteiger partial charge in [-0.1, -0.05) is 6.92 Å². The van der Waals surface area contributed by atoms with Gasteiger partial charge < -0.3 is 4.74 Å². The summed E-state index contributed by atoms with van der Waals surface area (Å²) in [6, 6.07) is 2.44. The lowest BCUT2D eigenvalue weighted by molar-refractivity contribution is 0.377. The molecule has 68 valence electrons. The zero-order valence-electron chi connectivity index (χ0n) is 7.74. The van der Waals surface area contributed by atoms with Gasteiger partial charge in [0.05, 0.1) is 25.3 Å². The molecule has 0 saturated carbocycles. The van der Waals surface area contributed by atoms with E-state index in [1.807, 2.05) is 6.92 Å². The summed E-state index contributed by atoms with van der Waals surface area (Å²) in [7, 11) is 1.53. The first kappa shape index (κ1) is 9.46. The molecule has 0 aliphatic carbocycles. The van der Waals surface area contributed by atoms with Crippen molar-refractivity contribution in [3.8, 4) is 12.1 Å². The lowest BCUT2D eigenvalue weighted by Gasteiger charge is -2.04. The van der Waals surface area contributed by atoms with Crippen LogP contribution in [0.2, 0.25) is 0 Å². The van der Waals surface area contributed by atoms with Gasteiger partial charge in [0.25, 0.3) is 0 Å². The van der Waals surface area contributed by atoms with Gasteiger partial charge in [-0.05, 0) is 6.42 Å². The van der Waals surface area contributed by atoms with Crippen LogP contribution in [0.4, 0.5) is 0 Å². The Morgan fingerprint density at radius 1 is 1.62 bits per heavy atom. The lowest BCUT2D eigenvalue weighted by atomic mass is 10.1. The molecular weight excluding hydrogens is 166 g/mol. The fraction of sp³-hybridized carbons (Fsp3) is 0.444. The molecule has 0 aromatic carbocycles. The minimum atomic E-state index is 0.354. The number of hydrogen-bond acceptors (Lipinski definition) is 4. The molecule has 0 atom stereocenters. The molecule has 0 saturated heterocycles. The van der Waals surface area contributed by atoms with Gasteiger partial charge in [-0.15, -0.1) is 0 Å². The molecular formula is C9H11N3O. The Morgan fingerprint density at radius 3 is 2.92 bits per heavy atom. The van der Waals surface area contributed by atoms with Gasteiger partial charge in [0.2, 0.25) is 0 Å². The van der Waals surface area contributed by atoms with Crippen LogP contribution in [-0.4, -0.2) is 17.1 Å². The Bertz CT molecular complexity index is 330. The Hall–Kier alpha value is -1.63. The predicted molar refractivity (Wildman–Crippen MR) is 47.3 cm³/mol. The molecule has 4 nitrogen and oxygen atoms in total. The van der Waals surface area contributed by atoms with Gasteiger partial charge in [-0.25, -0.2) is 4.98 Å². The summed E-state index contributed by atoms with van der Waals surface area (Å²) >= 11 is 0. The second-order valence-electron chi connectivity index (χ2n) is 2.52. The quantitative estimate of drug-likeness (QED) is 0.694. The third-order valence-corrected chi connectivity index (χ3v) is 1.72. The predicted octanol–water partition coefficient (Wildman–Crippen LogP) is 1.11. The van der Waals surface area contributed by atoms with E-state index in [4.69, 9.17) is 10.00 Å². The largest absolute Gasteiger partial charge is 0.467 e. The highest BCUT2D eigenvalue weighted by Crippen LogP contribution is 2.10. The zero-order valence-corrected chi connectivity index (χ0v) is 7.74. The van der Waals surface area contributed by atoms with Crippen LogP contribution in [0.3, 0.4) is 0 Å². The molecule has 0 bridgehead atoms. The van der Waals surface area contributed by atoms with E-state index in [9.17, 15) is 0 Å². The third kappa shape index (κ3) is 2.15. The van der Waals surface area contributed by atoms with Crippen LogP contribution in [0.15, 0.2) is 6.20 Å². The summed E-state index contributed by atoms with van der Waals surface area (Å²) in [6.45, 7) is 1.99. The first-order chi connectivity index (χ1) is 6.31. The van der Waals surface area contributed by atoms with E-state index in [0.717, 1.165) is 17.7 Å². The molecule has 1 heterocycles. The van der Waals surface area contributed by atoms with Crippen molar-refractivity contribution in [2.45, 2.75) is 19.8 Å². The number of aryl methyl sites for hydroxylation is 1. The maximum Gasteiger partial charge on any atom is 0.316 e. The molecule has 0 N–H and O–H groups in total. The van der Waals surface area contributed by atoms with Crippen LogP contribution in [0.5, 0.6) is 6.01 Å². The van der Waals surface area contributed by atoms with Crippen molar-refractivity contribution < 1.29 is 4.74 Å². The van der Waals surface area contributed by atoms with Gasteiger partial charge in [0.1, 0.15) is 0 Å². The second-order valence-corrected chi connectivity index (χ2v) is 2.52. The van der Waals surface area contributed by atoms with E-state index >= 15 is 0 Å². The van der Waals surface area contributed by atoms with Crippen molar-refractivity contribution in [1.29, 1.82) is 5.26 Å². The van der Waals surface area contributed by atoms with Crippen LogP contribution >= 0.6 is 0 Å². The summed E-state index contributed by atoms with van der Waals surface area (Å²) in [5, 5.41) is 8.53. The normalized spacial score (nSPS) is 9.31. The number of ether oxygens (including phenoxy) is 1. The van der Waals surface area contributed by atoms with Gasteiger partial charge in [-0.3, -0.25) is 0 Å². The SMILES string of the molecule is CCc1nc(OC)ncc1CC#N. The van der Waals surface area contributed by atoms with Gasteiger partial charge in [0, 0.05) is 11.8 Å². The molecule has 1 aromatic rings. The fourth-order valence-corrected chi connectivity index (χ4v) is 1.06. The lowest BCUT2D eigenvalue weighted by Crippen LogP contribution is -2.00. The van der Waals surface area contributed by atoms with Crippen LogP contribution in [0.25, 0.3) is 0 Å². The number of hydrogen-bond donors (Lipinski definition) is 0. The number of nitrogens with zero attached hydrogens (tertiary/aromatic N) is 3. The molecule has 0 radical (unpaired) electrons. The van der Waals surface area contributed by atoms with E-state index in [2.05, 4.69) is 16.0 Å². The summed E-state index contributed by atoms with van der Waals surface area (Å²) in [5.74, 6) is 0. The fourth-order valence-electron chi connectivity index (χ4n) is 1.06. The van der Waals surface area contributed by atoms with E-state index in [-0.39, 0.29) is 0 Å². The van der Waals surface area contributed by atoms with Crippen molar-refractivity contribution in [1.82, 2.24) is 9.97 Å². The highest BCUT2D eigenvalue weighted by molar-refractivity contribution is 5.22. The zero-order chi connectivity index (χ0) is 9.68. The molecule has 13 heavy (non-hydrogen) atoms. The smallest absolute Gasteiger partial charge is 0.316 e. The van der Waals surface area contributed by atoms with E-state index in [1.54, 1.807) is 6.20 Å². The summed E-state index contributed by atoms with van der Waals surface area (Å²) in [5.41, 5.74) is 1.76. The standard InChI is InChI=1S/C9H11N3O/c1-3-8-7(4-5-10)6-11-9(12-8)13-2/h6H,3-4H2,1-2H3. The molecule has 0 aliphatic heterocycles. The maximum absolute atomic E-state index is 8.53. The molecule has 1 aromatic heterocycles. The number of aromatic nitrogens is 2. The Balaban J connectivity index is 3.02. The summed E-state index contributed by atoms with van der Waals surface area (Å²) < 4.78 is 4.88. The average Bonchev–Trinajstić information content (AvgIpc) is 2.19. The Morgan fingerprint density at radius 2 is 2.38 bits per heavy atom. The van der Waals surface area contributed by atoms with Crippen molar-refractivity contribution in [3.05, 3.63) is 17.5 Å². The molecule has 1 rings (SSSR count). The van der Waals surface area contributed by atoms with Crippen LogP contribution in [-0.2, 0) is 12.8 Å². The van der Waals surface area contributed by atoms with Crippen molar-refractivity contribution in [2.24, 2.45) is 0 Å². The molecule has 4 heteroatoms. The molecule has 0 unspecified atom stereocenters. The van der Waals surface area contributed by atoms with Crippen molar-refractivity contribution >= 4 is 0 Å². The second kappa shape index (κ2) is 4.41. The minimum absolute atomic E-state index is 0.354. The molecule has 0 spiro atoms. The van der Waals surface area contributed by atoms with Crippen LogP contribution in [0, 0.1) is 11.3 Å².